The zero-order chi connectivity index (χ0) is 10.6. The van der Waals surface area contributed by atoms with E-state index in [0.29, 0.717) is 6.42 Å². The summed E-state index contributed by atoms with van der Waals surface area (Å²) in [5.41, 5.74) is 10.5. The molecule has 5 N–H and O–H groups in total. The Kier molecular flexibility index (Phi) is 3.16. The fourth-order valence-corrected chi connectivity index (χ4v) is 0.909. The number of hydrogen-bond acceptors (Lipinski definition) is 6. The molecule has 1 heterocycles. The zero-order valence-electron chi connectivity index (χ0n) is 7.77. The van der Waals surface area contributed by atoms with E-state index >= 15 is 0 Å². The van der Waals surface area contributed by atoms with Crippen LogP contribution in [-0.2, 0) is 4.79 Å². The van der Waals surface area contributed by atoms with E-state index in [1.807, 2.05) is 6.92 Å². The van der Waals surface area contributed by atoms with Crippen LogP contribution in [0.2, 0.25) is 0 Å². The van der Waals surface area contributed by atoms with Crippen LogP contribution < -0.4 is 16.8 Å². The molecule has 14 heavy (non-hydrogen) atoms. The molecule has 0 aliphatic heterocycles. The smallest absolute Gasteiger partial charge is 0.239 e. The lowest BCUT2D eigenvalue weighted by Gasteiger charge is -2.12. The number of aromatic nitrogens is 3. The molecule has 0 aromatic carbocycles. The Labute approximate surface area is 80.9 Å². The largest absolute Gasteiger partial charge is 0.368 e. The average molecular weight is 196 g/mol. The van der Waals surface area contributed by atoms with Gasteiger partial charge in [-0.25, -0.2) is 9.97 Å². The van der Waals surface area contributed by atoms with Crippen LogP contribution in [0.3, 0.4) is 0 Å². The highest BCUT2D eigenvalue weighted by atomic mass is 16.1. The number of amides is 1. The summed E-state index contributed by atoms with van der Waals surface area (Å²) in [6, 6.07) is -0.489. The van der Waals surface area contributed by atoms with Crippen molar-refractivity contribution in [3.63, 3.8) is 0 Å². The van der Waals surface area contributed by atoms with Crippen LogP contribution in [-0.4, -0.2) is 26.9 Å². The quantitative estimate of drug-likeness (QED) is 0.575. The Bertz CT molecular complexity index is 328. The first-order valence-corrected chi connectivity index (χ1v) is 4.14. The molecule has 0 saturated carbocycles. The highest BCUT2D eigenvalue weighted by molar-refractivity contribution is 5.82. The number of carbonyl (C=O) groups excluding carboxylic acids is 1. The predicted molar refractivity (Wildman–Crippen MR) is 51.1 cm³/mol. The van der Waals surface area contributed by atoms with E-state index in [4.69, 9.17) is 11.5 Å². The molecular weight excluding hydrogens is 184 g/mol. The molecule has 0 spiro atoms. The first kappa shape index (κ1) is 10.2. The molecular formula is C7H12N6O. The van der Waals surface area contributed by atoms with E-state index in [-0.39, 0.29) is 11.9 Å². The summed E-state index contributed by atoms with van der Waals surface area (Å²) in [5, 5.41) is 2.75. The Morgan fingerprint density at radius 3 is 2.86 bits per heavy atom. The number of rotatable bonds is 4. The number of anilines is 2. The van der Waals surface area contributed by atoms with E-state index in [9.17, 15) is 4.79 Å². The fraction of sp³-hybridized carbons (Fsp3) is 0.429. The molecule has 1 aromatic heterocycles. The van der Waals surface area contributed by atoms with Crippen LogP contribution in [0, 0.1) is 0 Å². The fourth-order valence-electron chi connectivity index (χ4n) is 0.909. The number of nitrogens with zero attached hydrogens (tertiary/aromatic N) is 3. The third kappa shape index (κ3) is 2.54. The topological polar surface area (TPSA) is 120 Å². The van der Waals surface area contributed by atoms with Crippen LogP contribution in [0.1, 0.15) is 13.3 Å². The summed E-state index contributed by atoms with van der Waals surface area (Å²) in [6.45, 7) is 1.83. The van der Waals surface area contributed by atoms with Crippen molar-refractivity contribution in [3.05, 3.63) is 6.33 Å². The molecule has 1 aromatic rings. The van der Waals surface area contributed by atoms with Gasteiger partial charge in [0, 0.05) is 0 Å². The Hall–Kier alpha value is -1.92. The number of primary amides is 1. The lowest BCUT2D eigenvalue weighted by Crippen LogP contribution is -2.35. The minimum Gasteiger partial charge on any atom is -0.368 e. The first-order valence-electron chi connectivity index (χ1n) is 4.14. The van der Waals surface area contributed by atoms with Gasteiger partial charge in [-0.2, -0.15) is 4.98 Å². The van der Waals surface area contributed by atoms with Crippen LogP contribution in [0.25, 0.3) is 0 Å². The van der Waals surface area contributed by atoms with Crippen molar-refractivity contribution in [2.45, 2.75) is 19.4 Å². The van der Waals surface area contributed by atoms with Gasteiger partial charge in [-0.15, -0.1) is 0 Å². The number of carbonyl (C=O) groups is 1. The average Bonchev–Trinajstić information content (AvgIpc) is 2.14. The SMILES string of the molecule is CCC(Nc1ncnc(N)n1)C(N)=O. The van der Waals surface area contributed by atoms with Gasteiger partial charge in [0.1, 0.15) is 12.4 Å². The maximum absolute atomic E-state index is 10.9. The summed E-state index contributed by atoms with van der Waals surface area (Å²) < 4.78 is 0. The first-order chi connectivity index (χ1) is 6.63. The van der Waals surface area contributed by atoms with Gasteiger partial charge in [0.15, 0.2) is 0 Å². The van der Waals surface area contributed by atoms with Crippen LogP contribution in [0.4, 0.5) is 11.9 Å². The lowest BCUT2D eigenvalue weighted by atomic mass is 10.2. The molecule has 0 radical (unpaired) electrons. The van der Waals surface area contributed by atoms with Crippen molar-refractivity contribution in [2.75, 3.05) is 11.1 Å². The van der Waals surface area contributed by atoms with E-state index in [1.54, 1.807) is 0 Å². The minimum atomic E-state index is -0.489. The molecule has 0 saturated heterocycles. The second-order valence-corrected chi connectivity index (χ2v) is 2.67. The van der Waals surface area contributed by atoms with Crippen molar-refractivity contribution in [1.82, 2.24) is 15.0 Å². The molecule has 0 aliphatic rings. The molecule has 7 nitrogen and oxygen atoms in total. The molecule has 76 valence electrons. The lowest BCUT2D eigenvalue weighted by molar-refractivity contribution is -0.118. The number of nitrogen functional groups attached to an aromatic ring is 1. The summed E-state index contributed by atoms with van der Waals surface area (Å²) in [7, 11) is 0. The molecule has 0 bridgehead atoms. The van der Waals surface area contributed by atoms with Crippen molar-refractivity contribution in [2.24, 2.45) is 5.73 Å². The highest BCUT2D eigenvalue weighted by Crippen LogP contribution is 2.02. The Balaban J connectivity index is 2.72. The van der Waals surface area contributed by atoms with Gasteiger partial charge in [-0.3, -0.25) is 4.79 Å². The number of hydrogen-bond donors (Lipinski definition) is 3. The second-order valence-electron chi connectivity index (χ2n) is 2.67. The van der Waals surface area contributed by atoms with E-state index in [0.717, 1.165) is 0 Å². The molecule has 1 rings (SSSR count). The van der Waals surface area contributed by atoms with E-state index < -0.39 is 11.9 Å². The predicted octanol–water partition coefficient (Wildman–Crippen LogP) is -0.870. The van der Waals surface area contributed by atoms with Crippen molar-refractivity contribution in [3.8, 4) is 0 Å². The third-order valence-corrected chi connectivity index (χ3v) is 1.65. The van der Waals surface area contributed by atoms with Crippen molar-refractivity contribution in [1.29, 1.82) is 0 Å². The Morgan fingerprint density at radius 1 is 1.64 bits per heavy atom. The summed E-state index contributed by atoms with van der Waals surface area (Å²) in [6.07, 6.45) is 1.82. The third-order valence-electron chi connectivity index (χ3n) is 1.65. The summed E-state index contributed by atoms with van der Waals surface area (Å²) >= 11 is 0. The van der Waals surface area contributed by atoms with Gasteiger partial charge in [0.2, 0.25) is 17.8 Å². The zero-order valence-corrected chi connectivity index (χ0v) is 7.77. The van der Waals surface area contributed by atoms with Crippen molar-refractivity contribution >= 4 is 17.8 Å². The molecule has 0 fully saturated rings. The van der Waals surface area contributed by atoms with E-state index in [1.165, 1.54) is 6.33 Å². The highest BCUT2D eigenvalue weighted by Gasteiger charge is 2.13. The summed E-state index contributed by atoms with van der Waals surface area (Å²) in [5.74, 6) is -0.101. The molecule has 1 atom stereocenters. The van der Waals surface area contributed by atoms with Crippen molar-refractivity contribution < 1.29 is 4.79 Å². The normalized spacial score (nSPS) is 12.1. The maximum atomic E-state index is 10.9. The molecule has 1 amide bonds. The van der Waals surface area contributed by atoms with Crippen LogP contribution in [0.5, 0.6) is 0 Å². The van der Waals surface area contributed by atoms with Gasteiger partial charge < -0.3 is 16.8 Å². The van der Waals surface area contributed by atoms with Gasteiger partial charge in [0.25, 0.3) is 0 Å². The molecule has 7 heteroatoms. The Morgan fingerprint density at radius 2 is 2.36 bits per heavy atom. The van der Waals surface area contributed by atoms with Crippen LogP contribution in [0.15, 0.2) is 6.33 Å². The van der Waals surface area contributed by atoms with Gasteiger partial charge in [-0.1, -0.05) is 6.92 Å². The monoisotopic (exact) mass is 196 g/mol. The van der Waals surface area contributed by atoms with Gasteiger partial charge >= 0.3 is 0 Å². The standard InChI is InChI=1S/C7H12N6O/c1-2-4(5(8)14)12-7-11-3-10-6(9)13-7/h3-4H,2H2,1H3,(H2,8,14)(H3,9,10,11,12,13). The van der Waals surface area contributed by atoms with Gasteiger partial charge in [-0.05, 0) is 6.42 Å². The maximum Gasteiger partial charge on any atom is 0.239 e. The summed E-state index contributed by atoms with van der Waals surface area (Å²) in [4.78, 5) is 22.1. The van der Waals surface area contributed by atoms with Gasteiger partial charge in [0.05, 0.1) is 0 Å². The van der Waals surface area contributed by atoms with Crippen LogP contribution >= 0.6 is 0 Å². The molecule has 0 aliphatic carbocycles. The minimum absolute atomic E-state index is 0.0989. The second kappa shape index (κ2) is 4.35. The number of nitrogens with one attached hydrogen (secondary N) is 1. The number of nitrogens with two attached hydrogens (primary N) is 2. The molecule has 1 unspecified atom stereocenters. The van der Waals surface area contributed by atoms with E-state index in [2.05, 4.69) is 20.3 Å².